The first-order chi connectivity index (χ1) is 9.50. The van der Waals surface area contributed by atoms with Gasteiger partial charge in [0, 0.05) is 12.1 Å². The SMILES string of the molecule is COc1cc(NC(=O)C2(N)CCCC2)c(OC)cc1Cl. The van der Waals surface area contributed by atoms with Gasteiger partial charge in [-0.25, -0.2) is 0 Å². The first-order valence-electron chi connectivity index (χ1n) is 6.52. The predicted octanol–water partition coefficient (Wildman–Crippen LogP) is 2.57. The number of carbonyl (C=O) groups is 1. The monoisotopic (exact) mass is 298 g/mol. The standard InChI is InChI=1S/C14H19ClN2O3/c1-19-11-8-10(12(20-2)7-9(11)15)17-13(18)14(16)5-3-4-6-14/h7-8H,3-6,16H2,1-2H3,(H,17,18). The van der Waals surface area contributed by atoms with Gasteiger partial charge in [0.1, 0.15) is 11.5 Å². The van der Waals surface area contributed by atoms with Gasteiger partial charge in [-0.15, -0.1) is 0 Å². The largest absolute Gasteiger partial charge is 0.495 e. The van der Waals surface area contributed by atoms with E-state index in [9.17, 15) is 4.79 Å². The Bertz CT molecular complexity index is 513. The van der Waals surface area contributed by atoms with Gasteiger partial charge >= 0.3 is 0 Å². The van der Waals surface area contributed by atoms with E-state index in [0.717, 1.165) is 12.8 Å². The molecular weight excluding hydrogens is 280 g/mol. The van der Waals surface area contributed by atoms with Gasteiger partial charge in [0.05, 0.1) is 30.5 Å². The molecule has 110 valence electrons. The van der Waals surface area contributed by atoms with Crippen LogP contribution in [-0.4, -0.2) is 25.7 Å². The van der Waals surface area contributed by atoms with Crippen molar-refractivity contribution in [2.75, 3.05) is 19.5 Å². The average molecular weight is 299 g/mol. The lowest BCUT2D eigenvalue weighted by Gasteiger charge is -2.23. The zero-order valence-corrected chi connectivity index (χ0v) is 12.4. The van der Waals surface area contributed by atoms with Crippen molar-refractivity contribution in [3.8, 4) is 11.5 Å². The number of nitrogens with two attached hydrogens (primary N) is 1. The lowest BCUT2D eigenvalue weighted by atomic mass is 9.98. The highest BCUT2D eigenvalue weighted by atomic mass is 35.5. The molecule has 20 heavy (non-hydrogen) atoms. The highest BCUT2D eigenvalue weighted by molar-refractivity contribution is 6.32. The van der Waals surface area contributed by atoms with E-state index in [1.807, 2.05) is 0 Å². The molecule has 1 fully saturated rings. The summed E-state index contributed by atoms with van der Waals surface area (Å²) in [5, 5.41) is 3.24. The van der Waals surface area contributed by atoms with Gasteiger partial charge in [0.2, 0.25) is 5.91 Å². The summed E-state index contributed by atoms with van der Waals surface area (Å²) >= 11 is 6.03. The summed E-state index contributed by atoms with van der Waals surface area (Å²) in [7, 11) is 3.03. The van der Waals surface area contributed by atoms with E-state index in [4.69, 9.17) is 26.8 Å². The van der Waals surface area contributed by atoms with Gasteiger partial charge in [-0.3, -0.25) is 4.79 Å². The maximum absolute atomic E-state index is 12.3. The average Bonchev–Trinajstić information content (AvgIpc) is 2.88. The molecule has 0 spiro atoms. The number of carbonyl (C=O) groups excluding carboxylic acids is 1. The first-order valence-corrected chi connectivity index (χ1v) is 6.90. The van der Waals surface area contributed by atoms with Crippen molar-refractivity contribution in [3.05, 3.63) is 17.2 Å². The summed E-state index contributed by atoms with van der Waals surface area (Å²) in [5.74, 6) is 0.753. The van der Waals surface area contributed by atoms with E-state index in [1.54, 1.807) is 12.1 Å². The first kappa shape index (κ1) is 14.9. The molecule has 5 nitrogen and oxygen atoms in total. The molecule has 1 saturated carbocycles. The lowest BCUT2D eigenvalue weighted by Crippen LogP contribution is -2.48. The van der Waals surface area contributed by atoms with Crippen LogP contribution in [-0.2, 0) is 4.79 Å². The Morgan fingerprint density at radius 2 is 1.85 bits per heavy atom. The summed E-state index contributed by atoms with van der Waals surface area (Å²) in [6.45, 7) is 0. The Hall–Kier alpha value is -1.46. The van der Waals surface area contributed by atoms with Crippen LogP contribution in [0.15, 0.2) is 12.1 Å². The Labute approximate surface area is 123 Å². The van der Waals surface area contributed by atoms with Crippen molar-refractivity contribution in [1.82, 2.24) is 0 Å². The summed E-state index contributed by atoms with van der Waals surface area (Å²) in [6, 6.07) is 3.24. The molecule has 1 amide bonds. The van der Waals surface area contributed by atoms with Crippen LogP contribution in [0.5, 0.6) is 11.5 Å². The van der Waals surface area contributed by atoms with Gasteiger partial charge < -0.3 is 20.5 Å². The van der Waals surface area contributed by atoms with E-state index < -0.39 is 5.54 Å². The minimum atomic E-state index is -0.794. The molecule has 0 saturated heterocycles. The Kier molecular flexibility index (Phi) is 4.40. The van der Waals surface area contributed by atoms with E-state index in [1.165, 1.54) is 14.2 Å². The van der Waals surface area contributed by atoms with Crippen LogP contribution in [0.4, 0.5) is 5.69 Å². The van der Waals surface area contributed by atoms with Gasteiger partial charge in [-0.1, -0.05) is 24.4 Å². The molecule has 0 heterocycles. The number of rotatable bonds is 4. The quantitative estimate of drug-likeness (QED) is 0.896. The van der Waals surface area contributed by atoms with Crippen LogP contribution < -0.4 is 20.5 Å². The normalized spacial score (nSPS) is 16.8. The number of benzene rings is 1. The van der Waals surface area contributed by atoms with E-state index in [2.05, 4.69) is 5.32 Å². The van der Waals surface area contributed by atoms with Crippen molar-refractivity contribution in [1.29, 1.82) is 0 Å². The zero-order valence-electron chi connectivity index (χ0n) is 11.7. The second-order valence-electron chi connectivity index (χ2n) is 5.00. The Morgan fingerprint density at radius 1 is 1.25 bits per heavy atom. The summed E-state index contributed by atoms with van der Waals surface area (Å²) in [6.07, 6.45) is 3.35. The molecule has 6 heteroatoms. The van der Waals surface area contributed by atoms with E-state index in [0.29, 0.717) is 35.1 Å². The van der Waals surface area contributed by atoms with Gasteiger partial charge in [-0.05, 0) is 12.8 Å². The number of methoxy groups -OCH3 is 2. The maximum atomic E-state index is 12.3. The molecule has 2 rings (SSSR count). The number of amides is 1. The molecule has 0 unspecified atom stereocenters. The van der Waals surface area contributed by atoms with E-state index in [-0.39, 0.29) is 5.91 Å². The second kappa shape index (κ2) is 5.89. The molecule has 1 aliphatic rings. The predicted molar refractivity (Wildman–Crippen MR) is 78.6 cm³/mol. The number of hydrogen-bond acceptors (Lipinski definition) is 4. The maximum Gasteiger partial charge on any atom is 0.244 e. The molecule has 1 aliphatic carbocycles. The third kappa shape index (κ3) is 2.83. The number of halogens is 1. The van der Waals surface area contributed by atoms with Crippen molar-refractivity contribution >= 4 is 23.2 Å². The molecule has 0 aromatic heterocycles. The number of ether oxygens (including phenoxy) is 2. The lowest BCUT2D eigenvalue weighted by molar-refractivity contribution is -0.121. The zero-order chi connectivity index (χ0) is 14.8. The minimum absolute atomic E-state index is 0.197. The smallest absolute Gasteiger partial charge is 0.244 e. The number of hydrogen-bond donors (Lipinski definition) is 2. The van der Waals surface area contributed by atoms with Crippen LogP contribution in [0, 0.1) is 0 Å². The van der Waals surface area contributed by atoms with Crippen LogP contribution in [0.1, 0.15) is 25.7 Å². The van der Waals surface area contributed by atoms with Crippen LogP contribution >= 0.6 is 11.6 Å². The van der Waals surface area contributed by atoms with Crippen LogP contribution in [0.2, 0.25) is 5.02 Å². The topological polar surface area (TPSA) is 73.6 Å². The van der Waals surface area contributed by atoms with Crippen molar-refractivity contribution in [2.45, 2.75) is 31.2 Å². The van der Waals surface area contributed by atoms with E-state index >= 15 is 0 Å². The van der Waals surface area contributed by atoms with Crippen molar-refractivity contribution in [3.63, 3.8) is 0 Å². The van der Waals surface area contributed by atoms with Crippen molar-refractivity contribution in [2.24, 2.45) is 5.73 Å². The highest BCUT2D eigenvalue weighted by Gasteiger charge is 2.37. The molecule has 0 aliphatic heterocycles. The molecule has 0 atom stereocenters. The molecule has 1 aromatic rings. The molecule has 0 bridgehead atoms. The van der Waals surface area contributed by atoms with Crippen molar-refractivity contribution < 1.29 is 14.3 Å². The Balaban J connectivity index is 2.26. The van der Waals surface area contributed by atoms with Crippen LogP contribution in [0.3, 0.4) is 0 Å². The van der Waals surface area contributed by atoms with Crippen LogP contribution in [0.25, 0.3) is 0 Å². The molecular formula is C14H19ClN2O3. The second-order valence-corrected chi connectivity index (χ2v) is 5.41. The van der Waals surface area contributed by atoms with Gasteiger partial charge in [0.25, 0.3) is 0 Å². The third-order valence-electron chi connectivity index (χ3n) is 3.67. The summed E-state index contributed by atoms with van der Waals surface area (Å²) in [5.41, 5.74) is 5.85. The minimum Gasteiger partial charge on any atom is -0.495 e. The number of anilines is 1. The third-order valence-corrected chi connectivity index (χ3v) is 3.97. The molecule has 3 N–H and O–H groups in total. The molecule has 1 aromatic carbocycles. The van der Waals surface area contributed by atoms with Gasteiger partial charge in [0.15, 0.2) is 0 Å². The summed E-state index contributed by atoms with van der Waals surface area (Å²) in [4.78, 5) is 12.3. The summed E-state index contributed by atoms with van der Waals surface area (Å²) < 4.78 is 10.4. The van der Waals surface area contributed by atoms with Gasteiger partial charge in [-0.2, -0.15) is 0 Å². The molecule has 0 radical (unpaired) electrons. The number of nitrogens with one attached hydrogen (secondary N) is 1. The fourth-order valence-corrected chi connectivity index (χ4v) is 2.67. The Morgan fingerprint density at radius 3 is 2.40 bits per heavy atom. The highest BCUT2D eigenvalue weighted by Crippen LogP contribution is 2.37. The fraction of sp³-hybridized carbons (Fsp3) is 0.500. The fourth-order valence-electron chi connectivity index (χ4n) is 2.44.